The van der Waals surface area contributed by atoms with Crippen molar-refractivity contribution in [2.75, 3.05) is 19.8 Å². The zero-order chi connectivity index (χ0) is 42.5. The van der Waals surface area contributed by atoms with E-state index in [2.05, 4.69) is 20.3 Å². The first-order chi connectivity index (χ1) is 27.9. The third-order valence-corrected chi connectivity index (χ3v) is 14.6. The first kappa shape index (κ1) is 42.4. The largest absolute Gasteiger partial charge is 0.486 e. The maximum Gasteiger partial charge on any atom is 0.408 e. The second kappa shape index (κ2) is 16.0. The lowest BCUT2D eigenvalue weighted by atomic mass is 9.85. The lowest BCUT2D eigenvalue weighted by molar-refractivity contribution is -0.142. The van der Waals surface area contributed by atoms with Crippen LogP contribution < -0.4 is 29.6 Å². The molecule has 0 radical (unpaired) electrons. The SMILES string of the molecule is CC[C@@H]1C[C@@H](C)CC/C=C\[C@@H]2C[C@@]2(C(=O)NS(=O)(=O)C2(C)CC2)NC(=O)[C@@H]2C[C@@H](Oc3nccc4c5c(ccc34)OCCO5)CN2C(=O)[C@H]1NC(=O)OC(C)(C)C(F)F. The molecule has 1 aromatic heterocycles. The Kier molecular flexibility index (Phi) is 11.5. The van der Waals surface area contributed by atoms with Gasteiger partial charge in [-0.2, -0.15) is 0 Å². The monoisotopic (exact) mass is 845 g/mol. The average molecular weight is 846 g/mol. The van der Waals surface area contributed by atoms with E-state index in [0.29, 0.717) is 74.0 Å². The van der Waals surface area contributed by atoms with Crippen molar-refractivity contribution >= 4 is 44.6 Å². The van der Waals surface area contributed by atoms with Gasteiger partial charge >= 0.3 is 6.09 Å². The first-order valence-electron chi connectivity index (χ1n) is 20.4. The Morgan fingerprint density at radius 2 is 1.86 bits per heavy atom. The molecular weight excluding hydrogens is 793 g/mol. The van der Waals surface area contributed by atoms with Crippen molar-refractivity contribution in [3.05, 3.63) is 36.5 Å². The molecule has 322 valence electrons. The number of aromatic nitrogens is 1. The summed E-state index contributed by atoms with van der Waals surface area (Å²) in [5.74, 6) is -1.95. The molecule has 3 N–H and O–H groups in total. The topological polar surface area (TPSA) is 192 Å². The van der Waals surface area contributed by atoms with Gasteiger partial charge in [-0.3, -0.25) is 19.1 Å². The highest BCUT2D eigenvalue weighted by Crippen LogP contribution is 2.48. The van der Waals surface area contributed by atoms with E-state index in [0.717, 1.165) is 13.8 Å². The number of allylic oxidation sites excluding steroid dienone is 1. The number of hydrogen-bond donors (Lipinski definition) is 3. The molecule has 3 fully saturated rings. The van der Waals surface area contributed by atoms with E-state index in [1.165, 1.54) is 4.90 Å². The minimum atomic E-state index is -4.06. The van der Waals surface area contributed by atoms with Crippen molar-refractivity contribution < 1.29 is 55.3 Å². The fourth-order valence-corrected chi connectivity index (χ4v) is 9.56. The lowest BCUT2D eigenvalue weighted by Gasteiger charge is -2.34. The Morgan fingerprint density at radius 3 is 2.58 bits per heavy atom. The number of halogens is 2. The number of alkyl carbamates (subject to hydrolysis) is 1. The van der Waals surface area contributed by atoms with Gasteiger partial charge in [0.1, 0.15) is 36.9 Å². The van der Waals surface area contributed by atoms with Gasteiger partial charge in [0.15, 0.2) is 17.1 Å². The maximum atomic E-state index is 15.0. The minimum absolute atomic E-state index is 0.0276. The summed E-state index contributed by atoms with van der Waals surface area (Å²) in [6.07, 6.45) is 3.19. The Balaban J connectivity index is 1.24. The van der Waals surface area contributed by atoms with Crippen molar-refractivity contribution in [3.63, 3.8) is 0 Å². The molecule has 3 aliphatic heterocycles. The van der Waals surface area contributed by atoms with Gasteiger partial charge in [-0.25, -0.2) is 27.0 Å². The third-order valence-electron chi connectivity index (χ3n) is 12.4. The number of nitrogens with zero attached hydrogens (tertiary/aromatic N) is 2. The molecule has 15 nitrogen and oxygen atoms in total. The number of sulfonamides is 1. The fourth-order valence-electron chi connectivity index (χ4n) is 8.25. The molecule has 2 aliphatic carbocycles. The lowest BCUT2D eigenvalue weighted by Crippen LogP contribution is -2.59. The van der Waals surface area contributed by atoms with Gasteiger partial charge in [-0.1, -0.05) is 32.4 Å². The Morgan fingerprint density at radius 1 is 1.12 bits per heavy atom. The van der Waals surface area contributed by atoms with Crippen LogP contribution in [-0.4, -0.2) is 102 Å². The van der Waals surface area contributed by atoms with E-state index in [1.54, 1.807) is 31.3 Å². The zero-order valence-corrected chi connectivity index (χ0v) is 34.7. The highest BCUT2D eigenvalue weighted by atomic mass is 32.2. The van der Waals surface area contributed by atoms with Crippen LogP contribution in [0.3, 0.4) is 0 Å². The molecule has 4 heterocycles. The molecule has 7 rings (SSSR count). The normalized spacial score (nSPS) is 29.9. The smallest absolute Gasteiger partial charge is 0.408 e. The number of alkyl halides is 2. The van der Waals surface area contributed by atoms with Crippen LogP contribution in [0.25, 0.3) is 10.8 Å². The van der Waals surface area contributed by atoms with Gasteiger partial charge in [0, 0.05) is 29.3 Å². The summed E-state index contributed by atoms with van der Waals surface area (Å²) in [5, 5.41) is 6.71. The number of carbonyl (C=O) groups is 4. The van der Waals surface area contributed by atoms with Crippen LogP contribution in [0.4, 0.5) is 13.6 Å². The summed E-state index contributed by atoms with van der Waals surface area (Å²) in [5.41, 5.74) is -3.77. The number of rotatable bonds is 9. The molecule has 2 saturated carbocycles. The summed E-state index contributed by atoms with van der Waals surface area (Å²) in [6.45, 7) is 8.14. The number of ether oxygens (including phenoxy) is 4. The number of nitrogens with one attached hydrogen (secondary N) is 3. The van der Waals surface area contributed by atoms with E-state index in [9.17, 15) is 36.4 Å². The van der Waals surface area contributed by atoms with Gasteiger partial charge in [-0.15, -0.1) is 0 Å². The third kappa shape index (κ3) is 8.51. The first-order valence-corrected chi connectivity index (χ1v) is 21.8. The van der Waals surface area contributed by atoms with Crippen LogP contribution in [0.5, 0.6) is 17.4 Å². The van der Waals surface area contributed by atoms with E-state index in [4.69, 9.17) is 18.9 Å². The van der Waals surface area contributed by atoms with E-state index < -0.39 is 86.2 Å². The molecule has 4 amide bonds. The van der Waals surface area contributed by atoms with Crippen molar-refractivity contribution in [1.29, 1.82) is 0 Å². The maximum absolute atomic E-state index is 15.0. The molecule has 5 aliphatic rings. The van der Waals surface area contributed by atoms with Crippen molar-refractivity contribution in [3.8, 4) is 17.4 Å². The molecule has 1 saturated heterocycles. The number of benzene rings is 1. The molecule has 0 unspecified atom stereocenters. The predicted octanol–water partition coefficient (Wildman–Crippen LogP) is 4.77. The van der Waals surface area contributed by atoms with Crippen LogP contribution in [0, 0.1) is 17.8 Å². The van der Waals surface area contributed by atoms with Crippen LogP contribution in [0.2, 0.25) is 0 Å². The summed E-state index contributed by atoms with van der Waals surface area (Å²) in [4.78, 5) is 62.6. The van der Waals surface area contributed by atoms with Gasteiger partial charge in [-0.05, 0) is 89.3 Å². The van der Waals surface area contributed by atoms with Crippen LogP contribution in [0.15, 0.2) is 36.5 Å². The van der Waals surface area contributed by atoms with Gasteiger partial charge in [0.2, 0.25) is 27.7 Å². The van der Waals surface area contributed by atoms with E-state index in [1.807, 2.05) is 26.0 Å². The number of fused-ring (bicyclic) bond motifs is 5. The zero-order valence-electron chi connectivity index (χ0n) is 33.9. The molecule has 18 heteroatoms. The Bertz CT molecular complexity index is 2130. The highest BCUT2D eigenvalue weighted by molar-refractivity contribution is 7.91. The standard InChI is InChI=1S/C41H53F2N5O10S/c1-6-24-19-23(2)9-7-8-10-25-21-41(25,37(51)47-59(53,54)40(5)14-15-40)46-33(49)29-20-26(22-48(29)35(50)31(24)45-38(52)58-39(3,4)36(42)43)57-34-28-11-12-30-32(56-18-17-55-30)27(28)13-16-44-34/h8,10-13,16,23-26,29,31,36H,6-7,9,14-15,17-22H2,1-5H3,(H,45,52)(H,46,49)(H,47,51)/b10-8-/t23-,24+,25+,26+,29-,31-,41+/m0/s1. The molecular formula is C41H53F2N5O10S. The predicted molar refractivity (Wildman–Crippen MR) is 210 cm³/mol. The average Bonchev–Trinajstić information content (AvgIpc) is 4.07. The summed E-state index contributed by atoms with van der Waals surface area (Å²) in [7, 11) is -4.06. The number of carbonyl (C=O) groups excluding carboxylic acids is 4. The van der Waals surface area contributed by atoms with Crippen molar-refractivity contribution in [2.45, 2.75) is 126 Å². The number of hydrogen-bond acceptors (Lipinski definition) is 11. The summed E-state index contributed by atoms with van der Waals surface area (Å²) < 4.78 is 78.5. The molecule has 0 bridgehead atoms. The molecule has 1 aromatic carbocycles. The van der Waals surface area contributed by atoms with E-state index >= 15 is 0 Å². The Labute approximate surface area is 342 Å². The second-order valence-corrected chi connectivity index (χ2v) is 19.6. The molecule has 0 spiro atoms. The van der Waals surface area contributed by atoms with E-state index in [-0.39, 0.29) is 31.2 Å². The minimum Gasteiger partial charge on any atom is -0.486 e. The van der Waals surface area contributed by atoms with Crippen molar-refractivity contribution in [1.82, 2.24) is 25.2 Å². The number of pyridine rings is 1. The summed E-state index contributed by atoms with van der Waals surface area (Å²) >= 11 is 0. The van der Waals surface area contributed by atoms with Gasteiger partial charge < -0.3 is 34.5 Å². The summed E-state index contributed by atoms with van der Waals surface area (Å²) in [6, 6.07) is 2.71. The Hall–Kier alpha value is -4.74. The second-order valence-electron chi connectivity index (χ2n) is 17.4. The van der Waals surface area contributed by atoms with Gasteiger partial charge in [0.05, 0.1) is 11.3 Å². The molecule has 2 aromatic rings. The fraction of sp³-hybridized carbons (Fsp3) is 0.634. The highest BCUT2D eigenvalue weighted by Gasteiger charge is 2.63. The van der Waals surface area contributed by atoms with Crippen LogP contribution >= 0.6 is 0 Å². The van der Waals surface area contributed by atoms with Crippen LogP contribution in [-0.2, 0) is 29.1 Å². The molecule has 7 atom stereocenters. The van der Waals surface area contributed by atoms with Crippen LogP contribution in [0.1, 0.15) is 86.0 Å². The number of amides is 4. The molecule has 59 heavy (non-hydrogen) atoms. The quantitative estimate of drug-likeness (QED) is 0.295. The van der Waals surface area contributed by atoms with Gasteiger partial charge in [0.25, 0.3) is 12.3 Å². The van der Waals surface area contributed by atoms with Crippen molar-refractivity contribution in [2.24, 2.45) is 17.8 Å².